The highest BCUT2D eigenvalue weighted by Crippen LogP contribution is 2.32. The maximum Gasteiger partial charge on any atom is 0.133 e. The smallest absolute Gasteiger partial charge is 0.133 e. The first-order chi connectivity index (χ1) is 9.60. The van der Waals surface area contributed by atoms with Crippen LogP contribution in [0.25, 0.3) is 0 Å². The first kappa shape index (κ1) is 15.5. The van der Waals surface area contributed by atoms with Crippen LogP contribution in [0.2, 0.25) is 0 Å². The Balaban J connectivity index is 2.29. The average Bonchev–Trinajstić information content (AvgIpc) is 2.42. The molecule has 106 valence electrons. The molecule has 2 rings (SSSR count). The third-order valence-corrected chi connectivity index (χ3v) is 4.02. The molecule has 0 radical (unpaired) electrons. The highest BCUT2D eigenvalue weighted by atomic mass is 79.9. The van der Waals surface area contributed by atoms with E-state index in [2.05, 4.69) is 57.1 Å². The van der Waals surface area contributed by atoms with Gasteiger partial charge in [0.1, 0.15) is 11.5 Å². The predicted molar refractivity (Wildman–Crippen MR) is 90.4 cm³/mol. The summed E-state index contributed by atoms with van der Waals surface area (Å²) in [5.41, 5.74) is 1.15. The lowest BCUT2D eigenvalue weighted by molar-refractivity contribution is 0.462. The highest BCUT2D eigenvalue weighted by Gasteiger charge is 2.12. The van der Waals surface area contributed by atoms with Gasteiger partial charge in [-0.15, -0.1) is 0 Å². The van der Waals surface area contributed by atoms with Crippen molar-refractivity contribution in [3.05, 3.63) is 57.0 Å². The molecule has 0 aliphatic rings. The van der Waals surface area contributed by atoms with Gasteiger partial charge < -0.3 is 10.1 Å². The van der Waals surface area contributed by atoms with E-state index in [0.717, 1.165) is 32.6 Å². The van der Waals surface area contributed by atoms with Crippen LogP contribution >= 0.6 is 31.9 Å². The van der Waals surface area contributed by atoms with Gasteiger partial charge in [-0.3, -0.25) is 0 Å². The lowest BCUT2D eigenvalue weighted by Gasteiger charge is -2.18. The molecule has 2 aromatic rings. The molecule has 0 heterocycles. The predicted octanol–water partition coefficient (Wildman–Crippen LogP) is 5.67. The summed E-state index contributed by atoms with van der Waals surface area (Å²) in [6, 6.07) is 14.2. The van der Waals surface area contributed by atoms with Crippen molar-refractivity contribution in [2.75, 3.05) is 6.54 Å². The highest BCUT2D eigenvalue weighted by molar-refractivity contribution is 9.10. The normalized spacial score (nSPS) is 12.2. The van der Waals surface area contributed by atoms with Gasteiger partial charge in [-0.1, -0.05) is 44.8 Å². The van der Waals surface area contributed by atoms with Gasteiger partial charge in [-0.2, -0.15) is 0 Å². The zero-order valence-corrected chi connectivity index (χ0v) is 14.7. The number of ether oxygens (including phenoxy) is 1. The Hall–Kier alpha value is -0.840. The topological polar surface area (TPSA) is 21.3 Å². The zero-order valence-electron chi connectivity index (χ0n) is 11.5. The molecular formula is C16H17Br2NO. The van der Waals surface area contributed by atoms with Crippen molar-refractivity contribution in [3.63, 3.8) is 0 Å². The minimum Gasteiger partial charge on any atom is -0.457 e. The lowest BCUT2D eigenvalue weighted by atomic mass is 10.1. The zero-order chi connectivity index (χ0) is 14.5. The van der Waals surface area contributed by atoms with Crippen LogP contribution in [0.5, 0.6) is 11.5 Å². The molecule has 2 aromatic carbocycles. The Morgan fingerprint density at radius 2 is 1.70 bits per heavy atom. The van der Waals surface area contributed by atoms with Crippen LogP contribution < -0.4 is 10.1 Å². The van der Waals surface area contributed by atoms with Crippen LogP contribution in [0.15, 0.2) is 51.4 Å². The van der Waals surface area contributed by atoms with Crippen molar-refractivity contribution in [2.24, 2.45) is 0 Å². The van der Waals surface area contributed by atoms with Gasteiger partial charge in [0.25, 0.3) is 0 Å². The van der Waals surface area contributed by atoms with Gasteiger partial charge in [0.05, 0.1) is 0 Å². The molecule has 0 aliphatic heterocycles. The second-order valence-corrected chi connectivity index (χ2v) is 6.35. The van der Waals surface area contributed by atoms with E-state index in [1.54, 1.807) is 0 Å². The van der Waals surface area contributed by atoms with Gasteiger partial charge in [-0.25, -0.2) is 0 Å². The molecular weight excluding hydrogens is 382 g/mol. The summed E-state index contributed by atoms with van der Waals surface area (Å²) in [7, 11) is 0. The SMILES string of the molecule is CCNC(C)c1ccc(Br)cc1Oc1ccc(Br)cc1. The summed E-state index contributed by atoms with van der Waals surface area (Å²) in [5, 5.41) is 3.41. The van der Waals surface area contributed by atoms with Crippen molar-refractivity contribution >= 4 is 31.9 Å². The molecule has 0 aliphatic carbocycles. The van der Waals surface area contributed by atoms with Gasteiger partial charge >= 0.3 is 0 Å². The largest absolute Gasteiger partial charge is 0.457 e. The molecule has 0 saturated heterocycles. The van der Waals surface area contributed by atoms with Crippen molar-refractivity contribution in [1.82, 2.24) is 5.32 Å². The van der Waals surface area contributed by atoms with Gasteiger partial charge in [0, 0.05) is 20.6 Å². The summed E-state index contributed by atoms with van der Waals surface area (Å²) in [5.74, 6) is 1.70. The molecule has 1 N–H and O–H groups in total. The third-order valence-electron chi connectivity index (χ3n) is 2.99. The van der Waals surface area contributed by atoms with E-state index in [9.17, 15) is 0 Å². The monoisotopic (exact) mass is 397 g/mol. The Kier molecular flexibility index (Phi) is 5.64. The Morgan fingerprint density at radius 1 is 1.05 bits per heavy atom. The van der Waals surface area contributed by atoms with Crippen LogP contribution in [0, 0.1) is 0 Å². The van der Waals surface area contributed by atoms with Crippen LogP contribution in [-0.4, -0.2) is 6.54 Å². The number of hydrogen-bond acceptors (Lipinski definition) is 2. The summed E-state index contributed by atoms with van der Waals surface area (Å²) < 4.78 is 8.08. The van der Waals surface area contributed by atoms with Crippen LogP contribution in [-0.2, 0) is 0 Å². The van der Waals surface area contributed by atoms with E-state index in [1.807, 2.05) is 36.4 Å². The molecule has 2 nitrogen and oxygen atoms in total. The first-order valence-corrected chi connectivity index (χ1v) is 8.15. The quantitative estimate of drug-likeness (QED) is 0.699. The van der Waals surface area contributed by atoms with Gasteiger partial charge in [0.15, 0.2) is 0 Å². The summed E-state index contributed by atoms with van der Waals surface area (Å²) in [6.45, 7) is 5.17. The van der Waals surface area contributed by atoms with Crippen LogP contribution in [0.4, 0.5) is 0 Å². The minimum absolute atomic E-state index is 0.249. The number of halogens is 2. The number of benzene rings is 2. The second kappa shape index (κ2) is 7.25. The number of nitrogens with one attached hydrogen (secondary N) is 1. The van der Waals surface area contributed by atoms with E-state index in [1.165, 1.54) is 0 Å². The van der Waals surface area contributed by atoms with E-state index >= 15 is 0 Å². The van der Waals surface area contributed by atoms with E-state index in [4.69, 9.17) is 4.74 Å². The summed E-state index contributed by atoms with van der Waals surface area (Å²) in [4.78, 5) is 0. The fourth-order valence-electron chi connectivity index (χ4n) is 2.00. The second-order valence-electron chi connectivity index (χ2n) is 4.52. The summed E-state index contributed by atoms with van der Waals surface area (Å²) >= 11 is 6.93. The van der Waals surface area contributed by atoms with Crippen molar-refractivity contribution in [1.29, 1.82) is 0 Å². The maximum atomic E-state index is 6.02. The van der Waals surface area contributed by atoms with Crippen molar-refractivity contribution in [3.8, 4) is 11.5 Å². The van der Waals surface area contributed by atoms with E-state index < -0.39 is 0 Å². The molecule has 20 heavy (non-hydrogen) atoms. The Morgan fingerprint density at radius 3 is 2.35 bits per heavy atom. The molecule has 0 saturated carbocycles. The number of hydrogen-bond donors (Lipinski definition) is 1. The van der Waals surface area contributed by atoms with E-state index in [-0.39, 0.29) is 6.04 Å². The molecule has 0 amide bonds. The fraction of sp³-hybridized carbons (Fsp3) is 0.250. The minimum atomic E-state index is 0.249. The Labute approximate surface area is 136 Å². The summed E-state index contributed by atoms with van der Waals surface area (Å²) in [6.07, 6.45) is 0. The van der Waals surface area contributed by atoms with Crippen molar-refractivity contribution < 1.29 is 4.74 Å². The average molecular weight is 399 g/mol. The third kappa shape index (κ3) is 4.08. The molecule has 1 atom stereocenters. The van der Waals surface area contributed by atoms with Gasteiger partial charge in [-0.05, 0) is 49.9 Å². The van der Waals surface area contributed by atoms with Crippen LogP contribution in [0.1, 0.15) is 25.5 Å². The fourth-order valence-corrected chi connectivity index (χ4v) is 2.60. The molecule has 4 heteroatoms. The number of rotatable bonds is 5. The van der Waals surface area contributed by atoms with Gasteiger partial charge in [0.2, 0.25) is 0 Å². The molecule has 0 aromatic heterocycles. The standard InChI is InChI=1S/C16H17Br2NO/c1-3-19-11(2)15-9-6-13(18)10-16(15)20-14-7-4-12(17)5-8-14/h4-11,19H,3H2,1-2H3. The molecule has 1 unspecified atom stereocenters. The van der Waals surface area contributed by atoms with E-state index in [0.29, 0.717) is 0 Å². The maximum absolute atomic E-state index is 6.02. The lowest BCUT2D eigenvalue weighted by Crippen LogP contribution is -2.18. The first-order valence-electron chi connectivity index (χ1n) is 6.56. The Bertz CT molecular complexity index is 569. The molecule has 0 fully saturated rings. The van der Waals surface area contributed by atoms with Crippen molar-refractivity contribution in [2.45, 2.75) is 19.9 Å². The van der Waals surface area contributed by atoms with Crippen LogP contribution in [0.3, 0.4) is 0 Å². The molecule has 0 bridgehead atoms. The molecule has 0 spiro atoms.